The van der Waals surface area contributed by atoms with E-state index in [1.54, 1.807) is 6.07 Å². The number of hydrogen-bond acceptors (Lipinski definition) is 2. The predicted molar refractivity (Wildman–Crippen MR) is 87.9 cm³/mol. The first-order valence-electron chi connectivity index (χ1n) is 6.57. The molecule has 0 fully saturated rings. The summed E-state index contributed by atoms with van der Waals surface area (Å²) >= 11 is 14.0. The lowest BCUT2D eigenvalue weighted by Gasteiger charge is -2.19. The van der Waals surface area contributed by atoms with E-state index in [4.69, 9.17) is 28.9 Å². The molecular formula is C16H15Cl2NS. The van der Waals surface area contributed by atoms with Crippen LogP contribution in [0, 0.1) is 0 Å². The lowest BCUT2D eigenvalue weighted by molar-refractivity contribution is 0.633. The summed E-state index contributed by atoms with van der Waals surface area (Å²) in [6, 6.07) is 14.2. The topological polar surface area (TPSA) is 26.0 Å². The second kappa shape index (κ2) is 5.98. The summed E-state index contributed by atoms with van der Waals surface area (Å²) in [4.78, 5) is 1.36. The van der Waals surface area contributed by atoms with Crippen LogP contribution in [0.25, 0.3) is 0 Å². The molecule has 1 heterocycles. The van der Waals surface area contributed by atoms with Crippen molar-refractivity contribution in [2.24, 2.45) is 5.73 Å². The molecule has 4 heteroatoms. The number of fused-ring (bicyclic) bond motifs is 1. The van der Waals surface area contributed by atoms with E-state index < -0.39 is 0 Å². The van der Waals surface area contributed by atoms with Crippen LogP contribution in [0.15, 0.2) is 47.4 Å². The van der Waals surface area contributed by atoms with Crippen molar-refractivity contribution < 1.29 is 0 Å². The van der Waals surface area contributed by atoms with Gasteiger partial charge in [-0.05, 0) is 42.2 Å². The molecule has 2 atom stereocenters. The lowest BCUT2D eigenvalue weighted by atomic mass is 9.99. The lowest BCUT2D eigenvalue weighted by Crippen LogP contribution is -2.34. The van der Waals surface area contributed by atoms with Gasteiger partial charge in [-0.2, -0.15) is 0 Å². The highest BCUT2D eigenvalue weighted by atomic mass is 35.5. The van der Waals surface area contributed by atoms with Gasteiger partial charge in [-0.15, -0.1) is 11.8 Å². The Labute approximate surface area is 133 Å². The Morgan fingerprint density at radius 3 is 2.75 bits per heavy atom. The second-order valence-electron chi connectivity index (χ2n) is 5.07. The minimum atomic E-state index is 0.0890. The summed E-state index contributed by atoms with van der Waals surface area (Å²) in [6.45, 7) is 0. The Bertz CT molecular complexity index is 605. The van der Waals surface area contributed by atoms with E-state index in [0.29, 0.717) is 15.3 Å². The number of halogens is 2. The number of rotatable bonds is 3. The monoisotopic (exact) mass is 323 g/mol. The molecule has 1 aliphatic heterocycles. The van der Waals surface area contributed by atoms with Gasteiger partial charge >= 0.3 is 0 Å². The Hall–Kier alpha value is -0.670. The van der Waals surface area contributed by atoms with Crippen molar-refractivity contribution in [3.63, 3.8) is 0 Å². The molecule has 3 rings (SSSR count). The van der Waals surface area contributed by atoms with Gasteiger partial charge in [0.2, 0.25) is 0 Å². The third-order valence-corrected chi connectivity index (χ3v) is 5.68. The highest BCUT2D eigenvalue weighted by Gasteiger charge is 2.27. The molecule has 1 aliphatic rings. The Morgan fingerprint density at radius 2 is 2.00 bits per heavy atom. The van der Waals surface area contributed by atoms with Gasteiger partial charge in [0.05, 0.1) is 0 Å². The van der Waals surface area contributed by atoms with Gasteiger partial charge in [0, 0.05) is 26.2 Å². The number of benzene rings is 2. The summed E-state index contributed by atoms with van der Waals surface area (Å²) in [5.74, 6) is 0. The van der Waals surface area contributed by atoms with Crippen molar-refractivity contribution in [1.29, 1.82) is 0 Å². The molecule has 2 aromatic rings. The van der Waals surface area contributed by atoms with Crippen LogP contribution in [0.5, 0.6) is 0 Å². The average Bonchev–Trinajstić information content (AvgIpc) is 2.86. The molecule has 0 amide bonds. The number of nitrogens with two attached hydrogens (primary N) is 1. The Kier molecular flexibility index (Phi) is 4.27. The van der Waals surface area contributed by atoms with Crippen LogP contribution in [0.4, 0.5) is 0 Å². The van der Waals surface area contributed by atoms with Crippen LogP contribution in [-0.4, -0.2) is 11.3 Å². The molecule has 2 unspecified atom stereocenters. The minimum Gasteiger partial charge on any atom is -0.326 e. The first kappa shape index (κ1) is 14.3. The fraction of sp³-hybridized carbons (Fsp3) is 0.250. The van der Waals surface area contributed by atoms with Crippen LogP contribution in [0.1, 0.15) is 11.1 Å². The van der Waals surface area contributed by atoms with Gasteiger partial charge < -0.3 is 5.73 Å². The second-order valence-corrected chi connectivity index (χ2v) is 7.20. The predicted octanol–water partition coefficient (Wildman–Crippen LogP) is 4.58. The average molecular weight is 324 g/mol. The van der Waals surface area contributed by atoms with Crippen LogP contribution in [0.2, 0.25) is 10.0 Å². The largest absolute Gasteiger partial charge is 0.326 e. The van der Waals surface area contributed by atoms with Gasteiger partial charge in [-0.1, -0.05) is 47.5 Å². The van der Waals surface area contributed by atoms with Crippen molar-refractivity contribution in [2.75, 3.05) is 0 Å². The summed E-state index contributed by atoms with van der Waals surface area (Å²) in [7, 11) is 0. The van der Waals surface area contributed by atoms with E-state index in [1.165, 1.54) is 10.5 Å². The molecule has 20 heavy (non-hydrogen) atoms. The number of thioether (sulfide) groups is 1. The van der Waals surface area contributed by atoms with Gasteiger partial charge in [0.25, 0.3) is 0 Å². The third kappa shape index (κ3) is 2.99. The molecule has 0 radical (unpaired) electrons. The zero-order chi connectivity index (χ0) is 14.1. The van der Waals surface area contributed by atoms with Crippen LogP contribution < -0.4 is 5.73 Å². The SMILES string of the molecule is NC(Cc1ccc(Cl)cc1Cl)C1Cc2ccccc2S1. The van der Waals surface area contributed by atoms with E-state index in [-0.39, 0.29) is 6.04 Å². The molecule has 0 bridgehead atoms. The molecule has 0 saturated carbocycles. The maximum absolute atomic E-state index is 6.38. The van der Waals surface area contributed by atoms with Crippen molar-refractivity contribution in [2.45, 2.75) is 29.0 Å². The zero-order valence-corrected chi connectivity index (χ0v) is 13.2. The Balaban J connectivity index is 1.70. The van der Waals surface area contributed by atoms with Gasteiger partial charge in [-0.25, -0.2) is 0 Å². The highest BCUT2D eigenvalue weighted by Crippen LogP contribution is 2.38. The highest BCUT2D eigenvalue weighted by molar-refractivity contribution is 8.00. The van der Waals surface area contributed by atoms with E-state index >= 15 is 0 Å². The van der Waals surface area contributed by atoms with Crippen molar-refractivity contribution >= 4 is 35.0 Å². The van der Waals surface area contributed by atoms with Gasteiger partial charge in [-0.3, -0.25) is 0 Å². The molecule has 1 nitrogen and oxygen atoms in total. The number of hydrogen-bond donors (Lipinski definition) is 1. The molecule has 2 N–H and O–H groups in total. The normalized spacial score (nSPS) is 18.9. The molecular weight excluding hydrogens is 309 g/mol. The molecule has 0 aromatic heterocycles. The standard InChI is InChI=1S/C16H15Cl2NS/c17-12-6-5-10(13(18)9-12)7-14(19)16-8-11-3-1-2-4-15(11)20-16/h1-6,9,14,16H,7-8,19H2. The summed E-state index contributed by atoms with van der Waals surface area (Å²) in [5, 5.41) is 1.78. The summed E-state index contributed by atoms with van der Waals surface area (Å²) in [5.41, 5.74) is 8.86. The first-order chi connectivity index (χ1) is 9.63. The van der Waals surface area contributed by atoms with Crippen molar-refractivity contribution in [3.8, 4) is 0 Å². The van der Waals surface area contributed by atoms with E-state index in [2.05, 4.69) is 24.3 Å². The van der Waals surface area contributed by atoms with Gasteiger partial charge in [0.1, 0.15) is 0 Å². The molecule has 2 aromatic carbocycles. The van der Waals surface area contributed by atoms with E-state index in [1.807, 2.05) is 23.9 Å². The fourth-order valence-electron chi connectivity index (χ4n) is 2.52. The maximum Gasteiger partial charge on any atom is 0.0453 e. The smallest absolute Gasteiger partial charge is 0.0453 e. The fourth-order valence-corrected chi connectivity index (χ4v) is 4.33. The van der Waals surface area contributed by atoms with E-state index in [9.17, 15) is 0 Å². The molecule has 0 saturated heterocycles. The van der Waals surface area contributed by atoms with Gasteiger partial charge in [0.15, 0.2) is 0 Å². The first-order valence-corrected chi connectivity index (χ1v) is 8.21. The maximum atomic E-state index is 6.38. The summed E-state index contributed by atoms with van der Waals surface area (Å²) < 4.78 is 0. The zero-order valence-electron chi connectivity index (χ0n) is 10.9. The van der Waals surface area contributed by atoms with Crippen LogP contribution in [-0.2, 0) is 12.8 Å². The summed E-state index contributed by atoms with van der Waals surface area (Å²) in [6.07, 6.45) is 1.81. The van der Waals surface area contributed by atoms with Crippen molar-refractivity contribution in [3.05, 3.63) is 63.6 Å². The van der Waals surface area contributed by atoms with Crippen LogP contribution in [0.3, 0.4) is 0 Å². The van der Waals surface area contributed by atoms with Crippen molar-refractivity contribution in [1.82, 2.24) is 0 Å². The molecule has 0 spiro atoms. The Morgan fingerprint density at radius 1 is 1.20 bits per heavy atom. The van der Waals surface area contributed by atoms with Crippen LogP contribution >= 0.6 is 35.0 Å². The quantitative estimate of drug-likeness (QED) is 0.894. The third-order valence-electron chi connectivity index (χ3n) is 3.62. The molecule has 104 valence electrons. The van der Waals surface area contributed by atoms with E-state index in [0.717, 1.165) is 18.4 Å². The minimum absolute atomic E-state index is 0.0890. The molecule has 0 aliphatic carbocycles.